The maximum atomic E-state index is 10.6. The third-order valence-electron chi connectivity index (χ3n) is 3.14. The second-order valence-electron chi connectivity index (χ2n) is 4.83. The summed E-state index contributed by atoms with van der Waals surface area (Å²) in [5, 5.41) is 9.82. The van der Waals surface area contributed by atoms with Gasteiger partial charge in [-0.3, -0.25) is 0 Å². The van der Waals surface area contributed by atoms with Crippen molar-refractivity contribution in [3.05, 3.63) is 29.8 Å². The monoisotopic (exact) mass is 266 g/mol. The van der Waals surface area contributed by atoms with E-state index in [2.05, 4.69) is 0 Å². The molecule has 0 saturated heterocycles. The van der Waals surface area contributed by atoms with Gasteiger partial charge < -0.3 is 19.4 Å². The molecule has 4 nitrogen and oxygen atoms in total. The molecule has 0 radical (unpaired) electrons. The van der Waals surface area contributed by atoms with Crippen LogP contribution in [0.5, 0.6) is 5.75 Å². The van der Waals surface area contributed by atoms with Gasteiger partial charge in [0.05, 0.1) is 26.4 Å². The average molecular weight is 266 g/mol. The Morgan fingerprint density at radius 2 is 1.89 bits per heavy atom. The Labute approximate surface area is 114 Å². The van der Waals surface area contributed by atoms with Gasteiger partial charge in [-0.1, -0.05) is 26.0 Å². The molecule has 0 unspecified atom stereocenters. The second kappa shape index (κ2) is 7.92. The number of aldehydes is 1. The molecule has 19 heavy (non-hydrogen) atoms. The average Bonchev–Trinajstić information content (AvgIpc) is 2.46. The SMILES string of the molecule is COc1ccc(COC[C@@H](C)[C@@H](O)[C@@H](C)C=O)cc1. The molecule has 0 heterocycles. The normalized spacial score (nSPS) is 15.6. The molecule has 0 aliphatic rings. The molecule has 0 spiro atoms. The molecule has 1 aromatic rings. The van der Waals surface area contributed by atoms with Crippen LogP contribution >= 0.6 is 0 Å². The number of benzene rings is 1. The number of methoxy groups -OCH3 is 1. The Morgan fingerprint density at radius 3 is 2.42 bits per heavy atom. The van der Waals surface area contributed by atoms with Crippen molar-refractivity contribution in [1.29, 1.82) is 0 Å². The van der Waals surface area contributed by atoms with Gasteiger partial charge in [0, 0.05) is 11.8 Å². The van der Waals surface area contributed by atoms with E-state index in [0.717, 1.165) is 17.6 Å². The van der Waals surface area contributed by atoms with Crippen molar-refractivity contribution in [2.24, 2.45) is 11.8 Å². The van der Waals surface area contributed by atoms with Crippen molar-refractivity contribution in [3.8, 4) is 5.75 Å². The van der Waals surface area contributed by atoms with Crippen LogP contribution in [0, 0.1) is 11.8 Å². The van der Waals surface area contributed by atoms with Crippen LogP contribution in [0.4, 0.5) is 0 Å². The molecule has 0 aromatic heterocycles. The highest BCUT2D eigenvalue weighted by Gasteiger charge is 2.20. The highest BCUT2D eigenvalue weighted by Crippen LogP contribution is 2.14. The summed E-state index contributed by atoms with van der Waals surface area (Å²) in [5.74, 6) is 0.380. The summed E-state index contributed by atoms with van der Waals surface area (Å²) in [7, 11) is 1.63. The Morgan fingerprint density at radius 1 is 1.26 bits per heavy atom. The molecular formula is C15H22O4. The molecule has 0 aliphatic carbocycles. The summed E-state index contributed by atoms with van der Waals surface area (Å²) in [4.78, 5) is 10.6. The summed E-state index contributed by atoms with van der Waals surface area (Å²) in [6, 6.07) is 7.64. The molecule has 0 amide bonds. The maximum absolute atomic E-state index is 10.6. The second-order valence-corrected chi connectivity index (χ2v) is 4.83. The highest BCUT2D eigenvalue weighted by molar-refractivity contribution is 5.53. The molecule has 0 fully saturated rings. The summed E-state index contributed by atoms with van der Waals surface area (Å²) in [6.07, 6.45) is 0.110. The summed E-state index contributed by atoms with van der Waals surface area (Å²) in [5.41, 5.74) is 1.05. The number of aliphatic hydroxyl groups excluding tert-OH is 1. The number of aliphatic hydroxyl groups is 1. The fraction of sp³-hybridized carbons (Fsp3) is 0.533. The van der Waals surface area contributed by atoms with Crippen LogP contribution in [-0.2, 0) is 16.1 Å². The zero-order chi connectivity index (χ0) is 14.3. The third-order valence-corrected chi connectivity index (χ3v) is 3.14. The van der Waals surface area contributed by atoms with Gasteiger partial charge in [-0.05, 0) is 17.7 Å². The van der Waals surface area contributed by atoms with E-state index in [1.165, 1.54) is 0 Å². The van der Waals surface area contributed by atoms with Crippen molar-refractivity contribution in [3.63, 3.8) is 0 Å². The fourth-order valence-corrected chi connectivity index (χ4v) is 1.78. The van der Waals surface area contributed by atoms with Gasteiger partial charge in [-0.2, -0.15) is 0 Å². The summed E-state index contributed by atoms with van der Waals surface area (Å²) in [6.45, 7) is 4.48. The minimum atomic E-state index is -0.659. The first-order valence-electron chi connectivity index (χ1n) is 6.42. The van der Waals surface area contributed by atoms with E-state index < -0.39 is 6.10 Å². The van der Waals surface area contributed by atoms with Crippen molar-refractivity contribution >= 4 is 6.29 Å². The first-order chi connectivity index (χ1) is 9.08. The number of hydrogen-bond acceptors (Lipinski definition) is 4. The van der Waals surface area contributed by atoms with Crippen LogP contribution in [0.2, 0.25) is 0 Å². The number of hydrogen-bond donors (Lipinski definition) is 1. The minimum Gasteiger partial charge on any atom is -0.497 e. The molecule has 0 bridgehead atoms. The lowest BCUT2D eigenvalue weighted by Crippen LogP contribution is -2.29. The third kappa shape index (κ3) is 5.01. The van der Waals surface area contributed by atoms with Crippen LogP contribution in [0.15, 0.2) is 24.3 Å². The van der Waals surface area contributed by atoms with Crippen LogP contribution in [0.1, 0.15) is 19.4 Å². The van der Waals surface area contributed by atoms with E-state index in [0.29, 0.717) is 13.2 Å². The van der Waals surface area contributed by atoms with E-state index >= 15 is 0 Å². The molecule has 3 atom stereocenters. The molecular weight excluding hydrogens is 244 g/mol. The van der Waals surface area contributed by atoms with Gasteiger partial charge >= 0.3 is 0 Å². The first-order valence-corrected chi connectivity index (χ1v) is 6.42. The van der Waals surface area contributed by atoms with Crippen molar-refractivity contribution in [2.75, 3.05) is 13.7 Å². The lowest BCUT2D eigenvalue weighted by atomic mass is 9.95. The Hall–Kier alpha value is -1.39. The lowest BCUT2D eigenvalue weighted by Gasteiger charge is -2.21. The predicted octanol–water partition coefficient (Wildman–Crippen LogP) is 2.04. The van der Waals surface area contributed by atoms with Gasteiger partial charge in [0.25, 0.3) is 0 Å². The minimum absolute atomic E-state index is 0.0709. The van der Waals surface area contributed by atoms with E-state index in [4.69, 9.17) is 9.47 Å². The van der Waals surface area contributed by atoms with Gasteiger partial charge in [-0.25, -0.2) is 0 Å². The quantitative estimate of drug-likeness (QED) is 0.732. The number of carbonyl (C=O) groups is 1. The Bertz CT molecular complexity index is 374. The topological polar surface area (TPSA) is 55.8 Å². The molecule has 0 saturated carbocycles. The van der Waals surface area contributed by atoms with E-state index in [1.54, 1.807) is 14.0 Å². The van der Waals surface area contributed by atoms with E-state index in [9.17, 15) is 9.90 Å². The lowest BCUT2D eigenvalue weighted by molar-refractivity contribution is -0.115. The molecule has 0 aliphatic heterocycles. The first kappa shape index (κ1) is 15.7. The van der Waals surface area contributed by atoms with Gasteiger partial charge in [-0.15, -0.1) is 0 Å². The molecule has 106 valence electrons. The van der Waals surface area contributed by atoms with E-state index in [1.807, 2.05) is 31.2 Å². The van der Waals surface area contributed by atoms with Crippen LogP contribution in [-0.4, -0.2) is 31.2 Å². The Balaban J connectivity index is 2.34. The largest absolute Gasteiger partial charge is 0.497 e. The smallest absolute Gasteiger partial charge is 0.125 e. The highest BCUT2D eigenvalue weighted by atomic mass is 16.5. The van der Waals surface area contributed by atoms with E-state index in [-0.39, 0.29) is 11.8 Å². The van der Waals surface area contributed by atoms with Crippen LogP contribution in [0.25, 0.3) is 0 Å². The Kier molecular flexibility index (Phi) is 6.53. The van der Waals surface area contributed by atoms with Crippen molar-refractivity contribution < 1.29 is 19.4 Å². The van der Waals surface area contributed by atoms with Gasteiger partial charge in [0.1, 0.15) is 12.0 Å². The molecule has 1 rings (SSSR count). The van der Waals surface area contributed by atoms with Crippen molar-refractivity contribution in [2.45, 2.75) is 26.6 Å². The maximum Gasteiger partial charge on any atom is 0.125 e. The molecule has 1 aromatic carbocycles. The zero-order valence-electron chi connectivity index (χ0n) is 11.7. The van der Waals surface area contributed by atoms with Crippen LogP contribution < -0.4 is 4.74 Å². The predicted molar refractivity (Wildman–Crippen MR) is 73.0 cm³/mol. The number of ether oxygens (including phenoxy) is 2. The summed E-state index contributed by atoms with van der Waals surface area (Å²) >= 11 is 0. The fourth-order valence-electron chi connectivity index (χ4n) is 1.78. The van der Waals surface area contributed by atoms with Gasteiger partial charge in [0.15, 0.2) is 0 Å². The standard InChI is InChI=1S/C15H22O4/c1-11(8-16)15(17)12(2)9-19-10-13-4-6-14(18-3)7-5-13/h4-8,11-12,15,17H,9-10H2,1-3H3/t11-,12+,15-/m0/s1. The number of rotatable bonds is 8. The zero-order valence-corrected chi connectivity index (χ0v) is 11.7. The molecule has 4 heteroatoms. The summed E-state index contributed by atoms with van der Waals surface area (Å²) < 4.78 is 10.6. The van der Waals surface area contributed by atoms with Crippen molar-refractivity contribution in [1.82, 2.24) is 0 Å². The molecule has 1 N–H and O–H groups in total. The van der Waals surface area contributed by atoms with Gasteiger partial charge in [0.2, 0.25) is 0 Å². The number of carbonyl (C=O) groups excluding carboxylic acids is 1. The van der Waals surface area contributed by atoms with Crippen LogP contribution in [0.3, 0.4) is 0 Å².